The van der Waals surface area contributed by atoms with Crippen LogP contribution >= 0.6 is 11.8 Å². The summed E-state index contributed by atoms with van der Waals surface area (Å²) < 4.78 is 10.5. The van der Waals surface area contributed by atoms with E-state index in [-0.39, 0.29) is 18.3 Å². The van der Waals surface area contributed by atoms with Crippen LogP contribution in [0.1, 0.15) is 25.3 Å². The molecule has 0 aliphatic carbocycles. The number of anilines is 1. The zero-order chi connectivity index (χ0) is 19.2. The van der Waals surface area contributed by atoms with Gasteiger partial charge in [-0.05, 0) is 35.7 Å². The quantitative estimate of drug-likeness (QED) is 0.485. The number of ether oxygens (including phenoxy) is 1. The molecule has 140 valence electrons. The van der Waals surface area contributed by atoms with E-state index < -0.39 is 5.97 Å². The summed E-state index contributed by atoms with van der Waals surface area (Å²) in [4.78, 5) is 28.0. The van der Waals surface area contributed by atoms with E-state index in [9.17, 15) is 9.59 Å². The van der Waals surface area contributed by atoms with E-state index in [1.54, 1.807) is 0 Å². The SMILES string of the molecule is CC(C)c1ccc(NC(=O)COC(=O)CSc2nc3ccccc3o2)cc1. The fourth-order valence-electron chi connectivity index (χ4n) is 2.37. The normalized spacial score (nSPS) is 10.9. The molecule has 27 heavy (non-hydrogen) atoms. The van der Waals surface area contributed by atoms with Gasteiger partial charge in [-0.2, -0.15) is 0 Å². The largest absolute Gasteiger partial charge is 0.455 e. The molecule has 0 fully saturated rings. The lowest BCUT2D eigenvalue weighted by atomic mass is 10.0. The molecule has 0 saturated heterocycles. The Morgan fingerprint density at radius 3 is 2.59 bits per heavy atom. The summed E-state index contributed by atoms with van der Waals surface area (Å²) in [6.07, 6.45) is 0. The van der Waals surface area contributed by atoms with Gasteiger partial charge in [-0.15, -0.1) is 0 Å². The van der Waals surface area contributed by atoms with Gasteiger partial charge >= 0.3 is 5.97 Å². The van der Waals surface area contributed by atoms with Gasteiger partial charge in [0.25, 0.3) is 11.1 Å². The zero-order valence-electron chi connectivity index (χ0n) is 15.1. The first kappa shape index (κ1) is 19.0. The molecule has 1 heterocycles. The molecule has 3 rings (SSSR count). The van der Waals surface area contributed by atoms with Crippen LogP contribution in [0.3, 0.4) is 0 Å². The molecule has 3 aromatic rings. The summed E-state index contributed by atoms with van der Waals surface area (Å²) in [5.41, 5.74) is 3.25. The second kappa shape index (κ2) is 8.73. The van der Waals surface area contributed by atoms with Gasteiger partial charge in [0.15, 0.2) is 12.2 Å². The molecular formula is C20H20N2O4S. The zero-order valence-corrected chi connectivity index (χ0v) is 15.9. The first-order chi connectivity index (χ1) is 13.0. The van der Waals surface area contributed by atoms with E-state index in [0.29, 0.717) is 22.4 Å². The third-order valence-corrected chi connectivity index (χ3v) is 4.61. The Hall–Kier alpha value is -2.80. The van der Waals surface area contributed by atoms with Crippen molar-refractivity contribution in [1.29, 1.82) is 0 Å². The monoisotopic (exact) mass is 384 g/mol. The van der Waals surface area contributed by atoms with E-state index in [4.69, 9.17) is 9.15 Å². The van der Waals surface area contributed by atoms with Crippen LogP contribution in [0.15, 0.2) is 58.2 Å². The van der Waals surface area contributed by atoms with Gasteiger partial charge in [-0.3, -0.25) is 9.59 Å². The van der Waals surface area contributed by atoms with Gasteiger partial charge in [0.2, 0.25) is 0 Å². The lowest BCUT2D eigenvalue weighted by Gasteiger charge is -2.08. The molecule has 1 N–H and O–H groups in total. The molecule has 0 unspecified atom stereocenters. The molecule has 0 aliphatic heterocycles. The second-order valence-corrected chi connectivity index (χ2v) is 7.15. The Bertz CT molecular complexity index is 902. The van der Waals surface area contributed by atoms with Crippen LogP contribution in [0.4, 0.5) is 5.69 Å². The third-order valence-electron chi connectivity index (χ3n) is 3.81. The third kappa shape index (κ3) is 5.34. The number of aromatic nitrogens is 1. The van der Waals surface area contributed by atoms with E-state index in [1.165, 1.54) is 5.56 Å². The number of hydrogen-bond acceptors (Lipinski definition) is 6. The van der Waals surface area contributed by atoms with Gasteiger partial charge in [-0.1, -0.05) is 49.9 Å². The smallest absolute Gasteiger partial charge is 0.316 e. The van der Waals surface area contributed by atoms with Crippen molar-refractivity contribution in [2.24, 2.45) is 0 Å². The van der Waals surface area contributed by atoms with E-state index >= 15 is 0 Å². The summed E-state index contributed by atoms with van der Waals surface area (Å²) in [5.74, 6) is -0.446. The van der Waals surface area contributed by atoms with Crippen LogP contribution in [-0.4, -0.2) is 29.2 Å². The second-order valence-electron chi connectivity index (χ2n) is 6.22. The summed E-state index contributed by atoms with van der Waals surface area (Å²) in [6.45, 7) is 3.87. The van der Waals surface area contributed by atoms with Crippen LogP contribution in [0.5, 0.6) is 0 Å². The van der Waals surface area contributed by atoms with E-state index in [0.717, 1.165) is 17.3 Å². The molecule has 0 atom stereocenters. The maximum Gasteiger partial charge on any atom is 0.316 e. The molecule has 0 spiro atoms. The first-order valence-corrected chi connectivity index (χ1v) is 9.53. The van der Waals surface area contributed by atoms with Crippen molar-refractivity contribution >= 4 is 40.4 Å². The topological polar surface area (TPSA) is 81.4 Å². The lowest BCUT2D eigenvalue weighted by Crippen LogP contribution is -2.21. The fraction of sp³-hybridized carbons (Fsp3) is 0.250. The predicted octanol–water partition coefficient (Wildman–Crippen LogP) is 4.23. The van der Waals surface area contributed by atoms with Crippen molar-refractivity contribution in [3.8, 4) is 0 Å². The average molecular weight is 384 g/mol. The Kier molecular flexibility index (Phi) is 6.13. The summed E-state index contributed by atoms with van der Waals surface area (Å²) in [6, 6.07) is 14.9. The highest BCUT2D eigenvalue weighted by Crippen LogP contribution is 2.23. The minimum Gasteiger partial charge on any atom is -0.455 e. The molecule has 0 bridgehead atoms. The standard InChI is InChI=1S/C20H20N2O4S/c1-13(2)14-7-9-15(10-8-14)21-18(23)11-25-19(24)12-27-20-22-16-5-3-4-6-17(16)26-20/h3-10,13H,11-12H2,1-2H3,(H,21,23). The number of nitrogens with one attached hydrogen (secondary N) is 1. The van der Waals surface area contributed by atoms with E-state index in [2.05, 4.69) is 24.1 Å². The maximum atomic E-state index is 11.9. The number of thioether (sulfide) groups is 1. The summed E-state index contributed by atoms with van der Waals surface area (Å²) in [5, 5.41) is 3.09. The molecule has 7 heteroatoms. The molecule has 0 radical (unpaired) electrons. The first-order valence-electron chi connectivity index (χ1n) is 8.55. The molecule has 2 aromatic carbocycles. The molecule has 0 aliphatic rings. The molecular weight excluding hydrogens is 364 g/mol. The maximum absolute atomic E-state index is 11.9. The Labute approximate surface area is 161 Å². The number of rotatable bonds is 7. The van der Waals surface area contributed by atoms with Gasteiger partial charge < -0.3 is 14.5 Å². The fourth-order valence-corrected chi connectivity index (χ4v) is 3.01. The lowest BCUT2D eigenvalue weighted by molar-refractivity contribution is -0.144. The number of carbonyl (C=O) groups excluding carboxylic acids is 2. The molecule has 0 saturated carbocycles. The number of para-hydroxylation sites is 2. The highest BCUT2D eigenvalue weighted by Gasteiger charge is 2.12. The number of amides is 1. The Balaban J connectivity index is 1.42. The number of carbonyl (C=O) groups is 2. The summed E-state index contributed by atoms with van der Waals surface area (Å²) in [7, 11) is 0. The van der Waals surface area contributed by atoms with E-state index in [1.807, 2.05) is 48.5 Å². The van der Waals surface area contributed by atoms with Gasteiger partial charge in [0.05, 0.1) is 0 Å². The molecule has 1 aromatic heterocycles. The Morgan fingerprint density at radius 1 is 1.15 bits per heavy atom. The predicted molar refractivity (Wildman–Crippen MR) is 105 cm³/mol. The van der Waals surface area contributed by atoms with Crippen molar-refractivity contribution in [2.45, 2.75) is 25.0 Å². The molecule has 1 amide bonds. The number of fused-ring (bicyclic) bond motifs is 1. The minimum absolute atomic E-state index is 0.0171. The summed E-state index contributed by atoms with van der Waals surface area (Å²) >= 11 is 1.13. The number of oxazole rings is 1. The van der Waals surface area contributed by atoms with Crippen LogP contribution in [0.25, 0.3) is 11.1 Å². The van der Waals surface area contributed by atoms with Crippen molar-refractivity contribution in [1.82, 2.24) is 4.98 Å². The van der Waals surface area contributed by atoms with Gasteiger partial charge in [-0.25, -0.2) is 4.98 Å². The van der Waals surface area contributed by atoms with Crippen molar-refractivity contribution in [3.05, 3.63) is 54.1 Å². The minimum atomic E-state index is -0.507. The number of esters is 1. The van der Waals surface area contributed by atoms with Crippen LogP contribution in [-0.2, 0) is 14.3 Å². The molecule has 6 nitrogen and oxygen atoms in total. The van der Waals surface area contributed by atoms with Gasteiger partial charge in [0.1, 0.15) is 11.3 Å². The average Bonchev–Trinajstić information content (AvgIpc) is 3.08. The number of benzene rings is 2. The highest BCUT2D eigenvalue weighted by molar-refractivity contribution is 7.99. The van der Waals surface area contributed by atoms with Crippen LogP contribution in [0.2, 0.25) is 0 Å². The van der Waals surface area contributed by atoms with Crippen molar-refractivity contribution in [2.75, 3.05) is 17.7 Å². The van der Waals surface area contributed by atoms with Crippen LogP contribution < -0.4 is 5.32 Å². The highest BCUT2D eigenvalue weighted by atomic mass is 32.2. The van der Waals surface area contributed by atoms with Crippen molar-refractivity contribution < 1.29 is 18.7 Å². The van der Waals surface area contributed by atoms with Crippen molar-refractivity contribution in [3.63, 3.8) is 0 Å². The van der Waals surface area contributed by atoms with Gasteiger partial charge in [0, 0.05) is 5.69 Å². The number of nitrogens with zero attached hydrogens (tertiary/aromatic N) is 1. The number of hydrogen-bond donors (Lipinski definition) is 1. The van der Waals surface area contributed by atoms with Crippen LogP contribution in [0, 0.1) is 0 Å². The Morgan fingerprint density at radius 2 is 1.89 bits per heavy atom.